The van der Waals surface area contributed by atoms with E-state index in [9.17, 15) is 9.18 Å². The maximum absolute atomic E-state index is 13.0. The Labute approximate surface area is 114 Å². The number of carboxylic acids is 1. The van der Waals surface area contributed by atoms with Gasteiger partial charge in [-0.15, -0.1) is 0 Å². The minimum atomic E-state index is -1.31. The van der Waals surface area contributed by atoms with Crippen LogP contribution in [0.15, 0.2) is 18.3 Å². The summed E-state index contributed by atoms with van der Waals surface area (Å²) in [6.07, 6.45) is 0.893. The Bertz CT molecular complexity index is 641. The first kappa shape index (κ1) is 13.9. The summed E-state index contributed by atoms with van der Waals surface area (Å²) < 4.78 is 18.2. The number of pyridine rings is 1. The van der Waals surface area contributed by atoms with Gasteiger partial charge in [0.15, 0.2) is 5.82 Å². The highest BCUT2D eigenvalue weighted by molar-refractivity contribution is 5.90. The highest BCUT2D eigenvalue weighted by Crippen LogP contribution is 2.17. The Morgan fingerprint density at radius 3 is 2.55 bits per heavy atom. The van der Waals surface area contributed by atoms with Crippen LogP contribution in [-0.2, 0) is 6.61 Å². The average Bonchev–Trinajstić information content (AvgIpc) is 2.36. The topological polar surface area (TPSA) is 85.2 Å². The fourth-order valence-corrected chi connectivity index (χ4v) is 1.69. The van der Waals surface area contributed by atoms with E-state index in [1.165, 1.54) is 0 Å². The lowest BCUT2D eigenvalue weighted by Crippen LogP contribution is -2.08. The van der Waals surface area contributed by atoms with Gasteiger partial charge in [0.05, 0.1) is 6.20 Å². The number of rotatable bonds is 4. The van der Waals surface area contributed by atoms with E-state index < -0.39 is 11.8 Å². The van der Waals surface area contributed by atoms with Gasteiger partial charge < -0.3 is 9.84 Å². The molecule has 2 aromatic rings. The fourth-order valence-electron chi connectivity index (χ4n) is 1.69. The van der Waals surface area contributed by atoms with Crippen LogP contribution in [-0.4, -0.2) is 26.0 Å². The number of hydrogen-bond acceptors (Lipinski definition) is 5. The zero-order valence-electron chi connectivity index (χ0n) is 10.9. The molecule has 0 amide bonds. The van der Waals surface area contributed by atoms with Crippen molar-refractivity contribution < 1.29 is 19.0 Å². The van der Waals surface area contributed by atoms with Crippen LogP contribution in [0.2, 0.25) is 0 Å². The molecular formula is C13H12FN3O3. The molecule has 0 aromatic carbocycles. The minimum absolute atomic E-state index is 0.0402. The molecule has 0 atom stereocenters. The van der Waals surface area contributed by atoms with E-state index in [0.717, 1.165) is 23.7 Å². The van der Waals surface area contributed by atoms with E-state index >= 15 is 0 Å². The van der Waals surface area contributed by atoms with Crippen LogP contribution in [0.4, 0.5) is 4.39 Å². The van der Waals surface area contributed by atoms with E-state index in [1.807, 2.05) is 19.9 Å². The molecule has 0 aliphatic rings. The van der Waals surface area contributed by atoms with E-state index in [-0.39, 0.29) is 18.1 Å². The third kappa shape index (κ3) is 3.25. The zero-order chi connectivity index (χ0) is 14.7. The summed E-state index contributed by atoms with van der Waals surface area (Å²) in [5, 5.41) is 8.96. The molecule has 0 radical (unpaired) electrons. The summed E-state index contributed by atoms with van der Waals surface area (Å²) in [4.78, 5) is 22.9. The average molecular weight is 277 g/mol. The van der Waals surface area contributed by atoms with E-state index in [4.69, 9.17) is 9.84 Å². The van der Waals surface area contributed by atoms with Gasteiger partial charge in [-0.3, -0.25) is 0 Å². The molecule has 7 heteroatoms. The lowest BCUT2D eigenvalue weighted by Gasteiger charge is -2.08. The Kier molecular flexibility index (Phi) is 3.88. The highest BCUT2D eigenvalue weighted by Gasteiger charge is 2.15. The lowest BCUT2D eigenvalue weighted by molar-refractivity contribution is 0.0689. The molecule has 0 saturated carbocycles. The number of halogens is 1. The lowest BCUT2D eigenvalue weighted by atomic mass is 10.3. The van der Waals surface area contributed by atoms with Crippen molar-refractivity contribution in [3.05, 3.63) is 46.9 Å². The maximum Gasteiger partial charge on any atom is 0.341 e. The van der Waals surface area contributed by atoms with Crippen molar-refractivity contribution in [1.29, 1.82) is 0 Å². The fraction of sp³-hybridized carbons (Fsp3) is 0.231. The number of aromatic nitrogens is 3. The van der Waals surface area contributed by atoms with Crippen LogP contribution in [0.5, 0.6) is 5.88 Å². The summed E-state index contributed by atoms with van der Waals surface area (Å²) in [6, 6.07) is 2.66. The van der Waals surface area contributed by atoms with Gasteiger partial charge >= 0.3 is 5.97 Å². The molecule has 20 heavy (non-hydrogen) atoms. The van der Waals surface area contributed by atoms with Crippen molar-refractivity contribution in [2.24, 2.45) is 0 Å². The minimum Gasteiger partial charge on any atom is -0.477 e. The van der Waals surface area contributed by atoms with Gasteiger partial charge in [0.2, 0.25) is 5.88 Å². The summed E-state index contributed by atoms with van der Waals surface area (Å²) in [5.41, 5.74) is 1.22. The Balaban J connectivity index is 2.20. The molecule has 2 rings (SSSR count). The molecule has 0 aliphatic heterocycles. The van der Waals surface area contributed by atoms with Crippen molar-refractivity contribution in [3.8, 4) is 5.88 Å². The van der Waals surface area contributed by atoms with Gasteiger partial charge in [-0.25, -0.2) is 24.1 Å². The van der Waals surface area contributed by atoms with Crippen molar-refractivity contribution in [2.75, 3.05) is 0 Å². The first-order chi connectivity index (χ1) is 9.45. The van der Waals surface area contributed by atoms with Gasteiger partial charge in [-0.2, -0.15) is 0 Å². The van der Waals surface area contributed by atoms with Gasteiger partial charge in [0.1, 0.15) is 18.0 Å². The molecule has 104 valence electrons. The monoisotopic (exact) mass is 277 g/mol. The molecule has 0 fully saturated rings. The molecule has 6 nitrogen and oxygen atoms in total. The van der Waals surface area contributed by atoms with Crippen LogP contribution in [0.3, 0.4) is 0 Å². The normalized spacial score (nSPS) is 10.3. The largest absolute Gasteiger partial charge is 0.477 e. The van der Waals surface area contributed by atoms with Crippen molar-refractivity contribution in [1.82, 2.24) is 15.0 Å². The Hall–Kier alpha value is -2.57. The molecule has 2 heterocycles. The van der Waals surface area contributed by atoms with Gasteiger partial charge in [0.25, 0.3) is 0 Å². The van der Waals surface area contributed by atoms with Crippen molar-refractivity contribution >= 4 is 5.97 Å². The third-order valence-corrected chi connectivity index (χ3v) is 2.41. The van der Waals surface area contributed by atoms with Crippen molar-refractivity contribution in [2.45, 2.75) is 20.5 Å². The summed E-state index contributed by atoms with van der Waals surface area (Å²) >= 11 is 0. The second-order valence-electron chi connectivity index (χ2n) is 4.17. The third-order valence-electron chi connectivity index (χ3n) is 2.41. The number of hydrogen-bond donors (Lipinski definition) is 1. The van der Waals surface area contributed by atoms with Gasteiger partial charge in [0, 0.05) is 11.4 Å². The van der Waals surface area contributed by atoms with E-state index in [2.05, 4.69) is 15.0 Å². The predicted octanol–water partition coefficient (Wildman–Crippen LogP) is 1.90. The summed E-state index contributed by atoms with van der Waals surface area (Å²) in [7, 11) is 0. The first-order valence-corrected chi connectivity index (χ1v) is 5.78. The predicted molar refractivity (Wildman–Crippen MR) is 67.0 cm³/mol. The maximum atomic E-state index is 13.0. The number of carboxylic acid groups (broad SMARTS) is 1. The number of carbonyl (C=O) groups is 1. The van der Waals surface area contributed by atoms with E-state index in [0.29, 0.717) is 5.82 Å². The van der Waals surface area contributed by atoms with Gasteiger partial charge in [-0.1, -0.05) is 0 Å². The zero-order valence-corrected chi connectivity index (χ0v) is 10.9. The van der Waals surface area contributed by atoms with Gasteiger partial charge in [-0.05, 0) is 26.0 Å². The number of nitrogens with zero attached hydrogens (tertiary/aromatic N) is 3. The first-order valence-electron chi connectivity index (χ1n) is 5.78. The second-order valence-corrected chi connectivity index (χ2v) is 4.17. The van der Waals surface area contributed by atoms with Crippen LogP contribution in [0.25, 0.3) is 0 Å². The molecule has 0 spiro atoms. The molecular weight excluding hydrogens is 265 g/mol. The summed E-state index contributed by atoms with van der Waals surface area (Å²) in [6.45, 7) is 3.59. The van der Waals surface area contributed by atoms with Crippen LogP contribution in [0, 0.1) is 19.7 Å². The Morgan fingerprint density at radius 1 is 1.30 bits per heavy atom. The molecule has 0 bridgehead atoms. The number of aryl methyl sites for hydroxylation is 2. The van der Waals surface area contributed by atoms with Crippen LogP contribution in [0.1, 0.15) is 27.6 Å². The highest BCUT2D eigenvalue weighted by atomic mass is 19.1. The smallest absolute Gasteiger partial charge is 0.341 e. The number of ether oxygens (including phenoxy) is 1. The second kappa shape index (κ2) is 5.60. The SMILES string of the molecule is Cc1cc(C)nc(COc2ncc(F)cc2C(=O)O)n1. The van der Waals surface area contributed by atoms with Crippen molar-refractivity contribution in [3.63, 3.8) is 0 Å². The standard InChI is InChI=1S/C13H12FN3O3/c1-7-3-8(2)17-11(16-7)6-20-12-10(13(18)19)4-9(14)5-15-12/h3-5H,6H2,1-2H3,(H,18,19). The van der Waals surface area contributed by atoms with Crippen LogP contribution < -0.4 is 4.74 Å². The van der Waals surface area contributed by atoms with Crippen LogP contribution >= 0.6 is 0 Å². The summed E-state index contributed by atoms with van der Waals surface area (Å²) in [5.74, 6) is -1.81. The Morgan fingerprint density at radius 2 is 1.95 bits per heavy atom. The molecule has 0 unspecified atom stereocenters. The molecule has 2 aromatic heterocycles. The number of aromatic carboxylic acids is 1. The molecule has 0 saturated heterocycles. The van der Waals surface area contributed by atoms with E-state index in [1.54, 1.807) is 0 Å². The molecule has 0 aliphatic carbocycles. The quantitative estimate of drug-likeness (QED) is 0.918. The molecule has 1 N–H and O–H groups in total.